The van der Waals surface area contributed by atoms with Crippen LogP contribution in [0.15, 0.2) is 34.5 Å². The van der Waals surface area contributed by atoms with Crippen molar-refractivity contribution in [2.24, 2.45) is 9.98 Å². The Balaban J connectivity index is 2.77. The van der Waals surface area contributed by atoms with Crippen LogP contribution < -0.4 is 0 Å². The minimum Gasteiger partial charge on any atom is -0.263 e. The molecule has 0 fully saturated rings. The molecule has 0 aromatic heterocycles. The van der Waals surface area contributed by atoms with Crippen LogP contribution in [-0.2, 0) is 0 Å². The molecule has 0 aromatic rings. The first kappa shape index (κ1) is 5.95. The highest BCUT2D eigenvalue weighted by Gasteiger charge is 1.79. The molecule has 9 heavy (non-hydrogen) atoms. The predicted octanol–water partition coefficient (Wildman–Crippen LogP) is 1.56. The van der Waals surface area contributed by atoms with Gasteiger partial charge in [-0.15, -0.1) is 0 Å². The average Bonchev–Trinajstić information content (AvgIpc) is 1.79. The van der Waals surface area contributed by atoms with E-state index in [1.165, 1.54) is 0 Å². The number of rotatable bonds is 0. The number of aliphatic imine (C=N–C) groups is 2. The largest absolute Gasteiger partial charge is 0.263 e. The van der Waals surface area contributed by atoms with Gasteiger partial charge in [-0.05, 0) is 19.1 Å². The lowest BCUT2D eigenvalue weighted by atomic mass is 10.4. The molecule has 0 aromatic carbocycles. The summed E-state index contributed by atoms with van der Waals surface area (Å²) in [5.41, 5.74) is 0.998. The molecule has 0 unspecified atom stereocenters. The Labute approximate surface area is 54.3 Å². The summed E-state index contributed by atoms with van der Waals surface area (Å²) in [4.78, 5) is 7.88. The zero-order valence-corrected chi connectivity index (χ0v) is 5.28. The third kappa shape index (κ3) is 2.04. The maximum atomic E-state index is 4.02. The van der Waals surface area contributed by atoms with Crippen LogP contribution in [0, 0.1) is 0 Å². The SMILES string of the molecule is CC1=N/C=C\N=CC=C1. The lowest BCUT2D eigenvalue weighted by Gasteiger charge is -1.86. The van der Waals surface area contributed by atoms with E-state index in [4.69, 9.17) is 0 Å². The van der Waals surface area contributed by atoms with Gasteiger partial charge in [-0.25, -0.2) is 0 Å². The first-order chi connectivity index (χ1) is 4.39. The van der Waals surface area contributed by atoms with Gasteiger partial charge in [0.1, 0.15) is 0 Å². The van der Waals surface area contributed by atoms with E-state index in [0.29, 0.717) is 0 Å². The summed E-state index contributed by atoms with van der Waals surface area (Å²) in [5, 5.41) is 0. The smallest absolute Gasteiger partial charge is 0.0454 e. The lowest BCUT2D eigenvalue weighted by Crippen LogP contribution is -1.83. The second-order valence-electron chi connectivity index (χ2n) is 1.73. The normalized spacial score (nSPS) is 20.3. The molecule has 1 aliphatic rings. The highest BCUT2D eigenvalue weighted by molar-refractivity contribution is 5.96. The third-order valence-corrected chi connectivity index (χ3v) is 0.940. The quantitative estimate of drug-likeness (QED) is 0.463. The van der Waals surface area contributed by atoms with Crippen molar-refractivity contribution in [3.05, 3.63) is 24.6 Å². The van der Waals surface area contributed by atoms with E-state index in [1.54, 1.807) is 18.6 Å². The van der Waals surface area contributed by atoms with E-state index in [2.05, 4.69) is 9.98 Å². The summed E-state index contributed by atoms with van der Waals surface area (Å²) in [7, 11) is 0. The van der Waals surface area contributed by atoms with Gasteiger partial charge in [0.25, 0.3) is 0 Å². The second kappa shape index (κ2) is 2.97. The Morgan fingerprint density at radius 2 is 2.22 bits per heavy atom. The summed E-state index contributed by atoms with van der Waals surface area (Å²) in [6, 6.07) is 0. The number of nitrogens with zero attached hydrogens (tertiary/aromatic N) is 2. The van der Waals surface area contributed by atoms with Crippen LogP contribution in [0.25, 0.3) is 0 Å². The van der Waals surface area contributed by atoms with E-state index < -0.39 is 0 Å². The van der Waals surface area contributed by atoms with Crippen LogP contribution in [0.5, 0.6) is 0 Å². The highest BCUT2D eigenvalue weighted by Crippen LogP contribution is 1.86. The molecule has 0 N–H and O–H groups in total. The van der Waals surface area contributed by atoms with Crippen LogP contribution in [0.1, 0.15) is 6.92 Å². The molecular formula is C7H8N2. The van der Waals surface area contributed by atoms with Gasteiger partial charge in [-0.3, -0.25) is 9.98 Å². The second-order valence-corrected chi connectivity index (χ2v) is 1.73. The van der Waals surface area contributed by atoms with Gasteiger partial charge >= 0.3 is 0 Å². The van der Waals surface area contributed by atoms with Crippen LogP contribution in [0.3, 0.4) is 0 Å². The molecule has 46 valence electrons. The Morgan fingerprint density at radius 3 is 3.11 bits per heavy atom. The molecule has 0 spiro atoms. The molecule has 0 saturated carbocycles. The number of hydrogen-bond donors (Lipinski definition) is 0. The monoisotopic (exact) mass is 120 g/mol. The van der Waals surface area contributed by atoms with Gasteiger partial charge < -0.3 is 0 Å². The molecule has 0 radical (unpaired) electrons. The van der Waals surface area contributed by atoms with E-state index in [1.807, 2.05) is 19.1 Å². The Kier molecular flexibility index (Phi) is 1.96. The fourth-order valence-electron chi connectivity index (χ4n) is 0.514. The molecule has 2 nitrogen and oxygen atoms in total. The van der Waals surface area contributed by atoms with Gasteiger partial charge in [0.15, 0.2) is 0 Å². The molecule has 1 heterocycles. The van der Waals surface area contributed by atoms with Gasteiger partial charge in [0.2, 0.25) is 0 Å². The minimum absolute atomic E-state index is 0.998. The van der Waals surface area contributed by atoms with Crippen molar-refractivity contribution < 1.29 is 0 Å². The van der Waals surface area contributed by atoms with Crippen molar-refractivity contribution in [1.82, 2.24) is 0 Å². The first-order valence-electron chi connectivity index (χ1n) is 2.79. The van der Waals surface area contributed by atoms with Crippen molar-refractivity contribution >= 4 is 11.9 Å². The van der Waals surface area contributed by atoms with Gasteiger partial charge in [-0.2, -0.15) is 0 Å². The van der Waals surface area contributed by atoms with E-state index in [0.717, 1.165) is 5.71 Å². The fourth-order valence-corrected chi connectivity index (χ4v) is 0.514. The lowest BCUT2D eigenvalue weighted by molar-refractivity contribution is 1.46. The van der Waals surface area contributed by atoms with Crippen LogP contribution >= 0.6 is 0 Å². The Morgan fingerprint density at radius 1 is 1.33 bits per heavy atom. The van der Waals surface area contributed by atoms with E-state index in [9.17, 15) is 0 Å². The molecule has 2 heteroatoms. The molecule has 0 atom stereocenters. The van der Waals surface area contributed by atoms with Crippen LogP contribution in [0.4, 0.5) is 0 Å². The molecular weight excluding hydrogens is 112 g/mol. The summed E-state index contributed by atoms with van der Waals surface area (Å²) in [6.45, 7) is 1.94. The zero-order valence-electron chi connectivity index (χ0n) is 5.28. The number of allylic oxidation sites excluding steroid dienone is 2. The summed E-state index contributed by atoms with van der Waals surface area (Å²) >= 11 is 0. The van der Waals surface area contributed by atoms with Crippen molar-refractivity contribution in [3.63, 3.8) is 0 Å². The third-order valence-electron chi connectivity index (χ3n) is 0.940. The summed E-state index contributed by atoms with van der Waals surface area (Å²) in [6.07, 6.45) is 8.84. The molecule has 1 aliphatic heterocycles. The van der Waals surface area contributed by atoms with E-state index in [-0.39, 0.29) is 0 Å². The topological polar surface area (TPSA) is 24.7 Å². The predicted molar refractivity (Wildman–Crippen MR) is 39.9 cm³/mol. The molecule has 1 rings (SSSR count). The van der Waals surface area contributed by atoms with Crippen molar-refractivity contribution in [3.8, 4) is 0 Å². The maximum absolute atomic E-state index is 4.02. The van der Waals surface area contributed by atoms with Crippen LogP contribution in [0.2, 0.25) is 0 Å². The highest BCUT2D eigenvalue weighted by atomic mass is 14.7. The van der Waals surface area contributed by atoms with Crippen LogP contribution in [-0.4, -0.2) is 11.9 Å². The van der Waals surface area contributed by atoms with Gasteiger partial charge in [0.05, 0.1) is 0 Å². The Hall–Kier alpha value is -1.18. The van der Waals surface area contributed by atoms with Crippen molar-refractivity contribution in [2.45, 2.75) is 6.92 Å². The molecule has 0 aliphatic carbocycles. The first-order valence-corrected chi connectivity index (χ1v) is 2.79. The molecule has 0 saturated heterocycles. The summed E-state index contributed by atoms with van der Waals surface area (Å²) in [5.74, 6) is 0. The minimum atomic E-state index is 0.998. The summed E-state index contributed by atoms with van der Waals surface area (Å²) < 4.78 is 0. The maximum Gasteiger partial charge on any atom is 0.0454 e. The fraction of sp³-hybridized carbons (Fsp3) is 0.143. The van der Waals surface area contributed by atoms with E-state index >= 15 is 0 Å². The standard InChI is InChI=1S/C7H8N2/c1-7-3-2-4-8-5-6-9-7/h2-6H,1H3/b3-2?,4-2?,6-5-,7-3?,8-4?,8-5?,9-6?,9-7?. The van der Waals surface area contributed by atoms with Gasteiger partial charge in [-0.1, -0.05) is 0 Å². The van der Waals surface area contributed by atoms with Crippen molar-refractivity contribution in [1.29, 1.82) is 0 Å². The Bertz CT molecular complexity index is 197. The molecule has 0 amide bonds. The van der Waals surface area contributed by atoms with Gasteiger partial charge in [0, 0.05) is 24.3 Å². The average molecular weight is 120 g/mol. The zero-order chi connectivity index (χ0) is 6.53. The van der Waals surface area contributed by atoms with Crippen molar-refractivity contribution in [2.75, 3.05) is 0 Å². The number of hydrogen-bond acceptors (Lipinski definition) is 2. The molecule has 0 bridgehead atoms.